The summed E-state index contributed by atoms with van der Waals surface area (Å²) in [5, 5.41) is 0. The molecule has 0 spiro atoms. The first kappa shape index (κ1) is 17.4. The van der Waals surface area contributed by atoms with Crippen molar-refractivity contribution in [2.24, 2.45) is 5.73 Å². The fourth-order valence-corrected chi connectivity index (χ4v) is 4.46. The first-order valence-corrected chi connectivity index (χ1v) is 9.40. The van der Waals surface area contributed by atoms with Crippen LogP contribution in [0, 0.1) is 0 Å². The summed E-state index contributed by atoms with van der Waals surface area (Å²) in [5.41, 5.74) is 7.66. The molecule has 0 unspecified atom stereocenters. The lowest BCUT2D eigenvalue weighted by molar-refractivity contribution is -0.136. The van der Waals surface area contributed by atoms with Gasteiger partial charge < -0.3 is 10.6 Å². The van der Waals surface area contributed by atoms with Crippen molar-refractivity contribution in [1.82, 2.24) is 9.80 Å². The molecule has 0 radical (unpaired) electrons. The van der Waals surface area contributed by atoms with Crippen LogP contribution in [0.4, 0.5) is 0 Å². The molecule has 24 heavy (non-hydrogen) atoms. The lowest BCUT2D eigenvalue weighted by atomic mass is 9.95. The van der Waals surface area contributed by atoms with Gasteiger partial charge in [-0.15, -0.1) is 0 Å². The van der Waals surface area contributed by atoms with E-state index >= 15 is 0 Å². The van der Waals surface area contributed by atoms with Crippen LogP contribution in [0.15, 0.2) is 30.3 Å². The number of hydrogen-bond donors (Lipinski definition) is 1. The molecular formula is C20H31N3O. The lowest BCUT2D eigenvalue weighted by Gasteiger charge is -2.34. The van der Waals surface area contributed by atoms with E-state index in [0.29, 0.717) is 18.5 Å². The molecule has 1 aliphatic heterocycles. The number of carbonyl (C=O) groups is 1. The molecule has 4 heteroatoms. The molecule has 1 aromatic rings. The van der Waals surface area contributed by atoms with E-state index in [1.54, 1.807) is 0 Å². The molecule has 4 nitrogen and oxygen atoms in total. The van der Waals surface area contributed by atoms with Crippen molar-refractivity contribution >= 4 is 5.91 Å². The number of rotatable bonds is 5. The molecule has 132 valence electrons. The molecule has 0 bridgehead atoms. The van der Waals surface area contributed by atoms with Crippen LogP contribution in [-0.4, -0.2) is 53.5 Å². The number of hydrogen-bond acceptors (Lipinski definition) is 3. The van der Waals surface area contributed by atoms with E-state index < -0.39 is 0 Å². The zero-order chi connectivity index (χ0) is 17.1. The molecule has 1 saturated carbocycles. The normalized spacial score (nSPS) is 25.5. The SMILES string of the molecule is CC(C)N(C(=O)CN1C[C@@H](N)[C@H](c2ccccc2)C1)C1CCCC1. The monoisotopic (exact) mass is 329 g/mol. The van der Waals surface area contributed by atoms with E-state index in [-0.39, 0.29) is 18.0 Å². The van der Waals surface area contributed by atoms with Gasteiger partial charge in [-0.3, -0.25) is 9.69 Å². The van der Waals surface area contributed by atoms with Gasteiger partial charge in [0.15, 0.2) is 0 Å². The molecule has 1 heterocycles. The fraction of sp³-hybridized carbons (Fsp3) is 0.650. The number of nitrogens with zero attached hydrogens (tertiary/aromatic N) is 2. The summed E-state index contributed by atoms with van der Waals surface area (Å²) in [5.74, 6) is 0.607. The molecule has 1 amide bonds. The van der Waals surface area contributed by atoms with Crippen molar-refractivity contribution in [3.63, 3.8) is 0 Å². The third-order valence-corrected chi connectivity index (χ3v) is 5.59. The average Bonchev–Trinajstić information content (AvgIpc) is 3.18. The zero-order valence-corrected chi connectivity index (χ0v) is 15.0. The highest BCUT2D eigenvalue weighted by Crippen LogP contribution is 2.28. The molecule has 2 N–H and O–H groups in total. The van der Waals surface area contributed by atoms with Gasteiger partial charge in [0.2, 0.25) is 5.91 Å². The van der Waals surface area contributed by atoms with Crippen molar-refractivity contribution in [3.8, 4) is 0 Å². The second-order valence-corrected chi connectivity index (χ2v) is 7.71. The fourth-order valence-electron chi connectivity index (χ4n) is 4.46. The van der Waals surface area contributed by atoms with Crippen molar-refractivity contribution in [1.29, 1.82) is 0 Å². The number of amides is 1. The Morgan fingerprint density at radius 3 is 2.50 bits per heavy atom. The Morgan fingerprint density at radius 1 is 1.21 bits per heavy atom. The zero-order valence-electron chi connectivity index (χ0n) is 15.0. The van der Waals surface area contributed by atoms with Gasteiger partial charge >= 0.3 is 0 Å². The number of benzene rings is 1. The van der Waals surface area contributed by atoms with Crippen LogP contribution in [-0.2, 0) is 4.79 Å². The highest BCUT2D eigenvalue weighted by Gasteiger charge is 2.35. The van der Waals surface area contributed by atoms with Gasteiger partial charge in [-0.05, 0) is 32.3 Å². The second-order valence-electron chi connectivity index (χ2n) is 7.71. The molecule has 0 aromatic heterocycles. The van der Waals surface area contributed by atoms with E-state index in [0.717, 1.165) is 25.9 Å². The standard InChI is InChI=1S/C20H31N3O/c1-15(2)23(17-10-6-7-11-17)20(24)14-22-12-18(19(21)13-22)16-8-4-3-5-9-16/h3-5,8-9,15,17-19H,6-7,10-14,21H2,1-2H3/t18-,19+/m0/s1. The predicted octanol–water partition coefficient (Wildman–Crippen LogP) is 2.59. The maximum absolute atomic E-state index is 12.9. The van der Waals surface area contributed by atoms with Crippen LogP contribution < -0.4 is 5.73 Å². The Hall–Kier alpha value is -1.39. The molecule has 3 rings (SSSR count). The van der Waals surface area contributed by atoms with Gasteiger partial charge in [-0.2, -0.15) is 0 Å². The Labute approximate surface area is 146 Å². The topological polar surface area (TPSA) is 49.6 Å². The Bertz CT molecular complexity index is 539. The third kappa shape index (κ3) is 3.81. The van der Waals surface area contributed by atoms with Crippen LogP contribution in [0.5, 0.6) is 0 Å². The summed E-state index contributed by atoms with van der Waals surface area (Å²) >= 11 is 0. The Balaban J connectivity index is 1.62. The molecular weight excluding hydrogens is 298 g/mol. The van der Waals surface area contributed by atoms with Crippen LogP contribution in [0.2, 0.25) is 0 Å². The van der Waals surface area contributed by atoms with Gasteiger partial charge in [-0.25, -0.2) is 0 Å². The Morgan fingerprint density at radius 2 is 1.88 bits per heavy atom. The highest BCUT2D eigenvalue weighted by molar-refractivity contribution is 5.79. The first-order chi connectivity index (χ1) is 11.6. The summed E-state index contributed by atoms with van der Waals surface area (Å²) in [6.07, 6.45) is 4.84. The first-order valence-electron chi connectivity index (χ1n) is 9.40. The van der Waals surface area contributed by atoms with E-state index in [9.17, 15) is 4.79 Å². The summed E-state index contributed by atoms with van der Waals surface area (Å²) in [7, 11) is 0. The molecule has 2 fully saturated rings. The number of likely N-dealkylation sites (tertiary alicyclic amines) is 1. The number of carbonyl (C=O) groups excluding carboxylic acids is 1. The van der Waals surface area contributed by atoms with Gasteiger partial charge in [-0.1, -0.05) is 43.2 Å². The minimum atomic E-state index is 0.110. The second kappa shape index (κ2) is 7.66. The average molecular weight is 329 g/mol. The summed E-state index contributed by atoms with van der Waals surface area (Å²) in [6.45, 7) is 6.47. The van der Waals surface area contributed by atoms with Crippen LogP contribution in [0.3, 0.4) is 0 Å². The minimum Gasteiger partial charge on any atom is -0.336 e. The van der Waals surface area contributed by atoms with Gasteiger partial charge in [0, 0.05) is 37.1 Å². The number of nitrogens with two attached hydrogens (primary N) is 1. The van der Waals surface area contributed by atoms with Crippen molar-refractivity contribution in [2.75, 3.05) is 19.6 Å². The van der Waals surface area contributed by atoms with E-state index in [2.05, 4.69) is 47.9 Å². The van der Waals surface area contributed by atoms with Gasteiger partial charge in [0.05, 0.1) is 6.54 Å². The maximum atomic E-state index is 12.9. The van der Waals surface area contributed by atoms with Gasteiger partial charge in [0.1, 0.15) is 0 Å². The maximum Gasteiger partial charge on any atom is 0.237 e. The molecule has 1 aliphatic carbocycles. The molecule has 2 aliphatic rings. The Kier molecular flexibility index (Phi) is 5.57. The summed E-state index contributed by atoms with van der Waals surface area (Å²) in [6, 6.07) is 11.3. The smallest absolute Gasteiger partial charge is 0.237 e. The van der Waals surface area contributed by atoms with Crippen molar-refractivity contribution < 1.29 is 4.79 Å². The van der Waals surface area contributed by atoms with Crippen LogP contribution >= 0.6 is 0 Å². The van der Waals surface area contributed by atoms with Crippen molar-refractivity contribution in [3.05, 3.63) is 35.9 Å². The van der Waals surface area contributed by atoms with E-state index in [1.807, 2.05) is 6.07 Å². The van der Waals surface area contributed by atoms with Crippen LogP contribution in [0.1, 0.15) is 51.0 Å². The third-order valence-electron chi connectivity index (χ3n) is 5.59. The molecule has 2 atom stereocenters. The summed E-state index contributed by atoms with van der Waals surface area (Å²) < 4.78 is 0. The van der Waals surface area contributed by atoms with Crippen molar-refractivity contribution in [2.45, 2.75) is 63.6 Å². The molecule has 1 aromatic carbocycles. The quantitative estimate of drug-likeness (QED) is 0.903. The molecule has 1 saturated heterocycles. The van der Waals surface area contributed by atoms with E-state index in [1.165, 1.54) is 18.4 Å². The van der Waals surface area contributed by atoms with Crippen LogP contribution in [0.25, 0.3) is 0 Å². The lowest BCUT2D eigenvalue weighted by Crippen LogP contribution is -2.48. The minimum absolute atomic E-state index is 0.110. The highest BCUT2D eigenvalue weighted by atomic mass is 16.2. The summed E-state index contributed by atoms with van der Waals surface area (Å²) in [4.78, 5) is 17.3. The largest absolute Gasteiger partial charge is 0.336 e. The van der Waals surface area contributed by atoms with Gasteiger partial charge in [0.25, 0.3) is 0 Å². The predicted molar refractivity (Wildman–Crippen MR) is 97.8 cm³/mol. The van der Waals surface area contributed by atoms with E-state index in [4.69, 9.17) is 5.73 Å².